The molecule has 1 aliphatic rings. The van der Waals surface area contributed by atoms with E-state index in [0.717, 1.165) is 5.56 Å². The second kappa shape index (κ2) is 6.86. The number of halogens is 1. The molecule has 2 aromatic carbocycles. The van der Waals surface area contributed by atoms with Crippen LogP contribution in [0.5, 0.6) is 0 Å². The number of hydrogen-bond acceptors (Lipinski definition) is 6. The molecule has 4 rings (SSSR count). The van der Waals surface area contributed by atoms with E-state index in [1.54, 1.807) is 24.4 Å². The highest BCUT2D eigenvalue weighted by molar-refractivity contribution is 7.85. The van der Waals surface area contributed by atoms with Crippen LogP contribution in [0.4, 0.5) is 17.3 Å². The predicted octanol–water partition coefficient (Wildman–Crippen LogP) is 3.28. The lowest BCUT2D eigenvalue weighted by atomic mass is 10.1. The van der Waals surface area contributed by atoms with Crippen LogP contribution in [-0.4, -0.2) is 28.8 Å². The molecule has 0 spiro atoms. The number of fused-ring (bicyclic) bond motifs is 3. The number of rotatable bonds is 3. The smallest absolute Gasteiger partial charge is 0.294 e. The van der Waals surface area contributed by atoms with E-state index in [9.17, 15) is 13.2 Å². The minimum absolute atomic E-state index is 0.130. The van der Waals surface area contributed by atoms with Gasteiger partial charge in [0.05, 0.1) is 22.7 Å². The van der Waals surface area contributed by atoms with Gasteiger partial charge in [0.1, 0.15) is 0 Å². The number of carbonyl (C=O) groups is 1. The zero-order chi connectivity index (χ0) is 19.9. The van der Waals surface area contributed by atoms with E-state index in [1.807, 2.05) is 0 Å². The van der Waals surface area contributed by atoms with E-state index >= 15 is 0 Å². The van der Waals surface area contributed by atoms with Crippen molar-refractivity contribution in [2.45, 2.75) is 11.3 Å². The summed E-state index contributed by atoms with van der Waals surface area (Å²) in [5.74, 6) is 0.0842. The lowest BCUT2D eigenvalue weighted by molar-refractivity contribution is -0.115. The number of amides is 1. The number of benzene rings is 2. The van der Waals surface area contributed by atoms with Gasteiger partial charge in [-0.2, -0.15) is 8.42 Å². The van der Waals surface area contributed by atoms with Crippen LogP contribution >= 0.6 is 11.6 Å². The lowest BCUT2D eigenvalue weighted by Gasteiger charge is -2.11. The van der Waals surface area contributed by atoms with Crippen LogP contribution in [0.15, 0.2) is 53.6 Å². The number of nitrogens with zero attached hydrogens (tertiary/aromatic N) is 2. The molecule has 1 aromatic heterocycles. The summed E-state index contributed by atoms with van der Waals surface area (Å²) in [5.41, 5.74) is 3.09. The Morgan fingerprint density at radius 3 is 2.61 bits per heavy atom. The molecule has 0 atom stereocenters. The zero-order valence-electron chi connectivity index (χ0n) is 14.2. The molecule has 0 unspecified atom stereocenters. The summed E-state index contributed by atoms with van der Waals surface area (Å²) >= 11 is 6.03. The quantitative estimate of drug-likeness (QED) is 0.560. The van der Waals surface area contributed by atoms with Gasteiger partial charge in [-0.1, -0.05) is 11.6 Å². The van der Waals surface area contributed by atoms with Crippen LogP contribution in [0.2, 0.25) is 5.02 Å². The first-order chi connectivity index (χ1) is 13.3. The molecular weight excluding hydrogens is 404 g/mol. The fourth-order valence-corrected chi connectivity index (χ4v) is 3.51. The highest BCUT2D eigenvalue weighted by atomic mass is 35.5. The molecule has 2 heterocycles. The van der Waals surface area contributed by atoms with Gasteiger partial charge in [-0.05, 0) is 42.5 Å². The molecule has 8 nitrogen and oxygen atoms in total. The van der Waals surface area contributed by atoms with Crippen molar-refractivity contribution in [2.24, 2.45) is 0 Å². The highest BCUT2D eigenvalue weighted by Crippen LogP contribution is 2.34. The summed E-state index contributed by atoms with van der Waals surface area (Å²) in [6, 6.07) is 10.6. The molecule has 3 N–H and O–H groups in total. The predicted molar refractivity (Wildman–Crippen MR) is 104 cm³/mol. The summed E-state index contributed by atoms with van der Waals surface area (Å²) in [5, 5.41) is 6.28. The summed E-state index contributed by atoms with van der Waals surface area (Å²) in [6.07, 6.45) is 1.70. The number of hydrogen-bond donors (Lipinski definition) is 3. The molecular formula is C18H13ClN4O4S. The van der Waals surface area contributed by atoms with Gasteiger partial charge in [0.2, 0.25) is 11.9 Å². The molecule has 3 aromatic rings. The minimum atomic E-state index is -4.26. The third-order valence-electron chi connectivity index (χ3n) is 4.13. The highest BCUT2D eigenvalue weighted by Gasteiger charge is 2.21. The third kappa shape index (κ3) is 3.68. The van der Waals surface area contributed by atoms with Gasteiger partial charge in [0.15, 0.2) is 0 Å². The minimum Gasteiger partial charge on any atom is -0.325 e. The standard InChI is InChI=1S/C18H13ClN4O4S/c19-11-1-6-14-15(8-11)22-16(24)7-10-9-20-18(23-17(10)14)21-12-2-4-13(5-3-12)28(25,26)27/h1-6,8-9H,7H2,(H,22,24)(H,20,21,23)(H,25,26,27). The summed E-state index contributed by atoms with van der Waals surface area (Å²) < 4.78 is 31.3. The Morgan fingerprint density at radius 1 is 1.14 bits per heavy atom. The van der Waals surface area contributed by atoms with Gasteiger partial charge in [-0.15, -0.1) is 0 Å². The first-order valence-electron chi connectivity index (χ1n) is 8.10. The zero-order valence-corrected chi connectivity index (χ0v) is 15.8. The maximum Gasteiger partial charge on any atom is 0.294 e. The van der Waals surface area contributed by atoms with Crippen molar-refractivity contribution in [3.8, 4) is 11.3 Å². The topological polar surface area (TPSA) is 121 Å². The van der Waals surface area contributed by atoms with E-state index in [1.165, 1.54) is 24.3 Å². The van der Waals surface area contributed by atoms with Gasteiger partial charge in [0.25, 0.3) is 10.1 Å². The molecule has 0 bridgehead atoms. The first kappa shape index (κ1) is 18.4. The summed E-state index contributed by atoms with van der Waals surface area (Å²) in [4.78, 5) is 20.7. The number of carbonyl (C=O) groups excluding carboxylic acids is 1. The molecule has 0 saturated carbocycles. The van der Waals surface area contributed by atoms with Crippen LogP contribution < -0.4 is 10.6 Å². The van der Waals surface area contributed by atoms with E-state index in [2.05, 4.69) is 20.6 Å². The van der Waals surface area contributed by atoms with E-state index in [0.29, 0.717) is 27.7 Å². The van der Waals surface area contributed by atoms with Crippen molar-refractivity contribution >= 4 is 44.9 Å². The van der Waals surface area contributed by atoms with Gasteiger partial charge in [-0.25, -0.2) is 9.97 Å². The van der Waals surface area contributed by atoms with Gasteiger partial charge in [0, 0.05) is 28.0 Å². The van der Waals surface area contributed by atoms with E-state index in [4.69, 9.17) is 16.2 Å². The van der Waals surface area contributed by atoms with Crippen molar-refractivity contribution in [3.63, 3.8) is 0 Å². The van der Waals surface area contributed by atoms with Gasteiger partial charge in [-0.3, -0.25) is 9.35 Å². The van der Waals surface area contributed by atoms with Crippen molar-refractivity contribution in [3.05, 3.63) is 59.2 Å². The molecule has 1 aliphatic heterocycles. The van der Waals surface area contributed by atoms with Crippen molar-refractivity contribution in [1.82, 2.24) is 9.97 Å². The Balaban J connectivity index is 1.71. The number of nitrogens with one attached hydrogen (secondary N) is 2. The first-order valence-corrected chi connectivity index (χ1v) is 9.92. The number of anilines is 3. The Morgan fingerprint density at radius 2 is 1.89 bits per heavy atom. The summed E-state index contributed by atoms with van der Waals surface area (Å²) in [6.45, 7) is 0. The largest absolute Gasteiger partial charge is 0.325 e. The maximum absolute atomic E-state index is 12.1. The molecule has 142 valence electrons. The molecule has 1 amide bonds. The molecule has 0 aliphatic carbocycles. The molecule has 0 saturated heterocycles. The van der Waals surface area contributed by atoms with Gasteiger partial charge >= 0.3 is 0 Å². The maximum atomic E-state index is 12.1. The molecule has 0 radical (unpaired) electrons. The summed E-state index contributed by atoms with van der Waals surface area (Å²) in [7, 11) is -4.26. The Labute approximate surface area is 165 Å². The SMILES string of the molecule is O=C1Cc2cnc(Nc3ccc(S(=O)(=O)O)cc3)nc2-c2ccc(Cl)cc2N1. The number of aromatic nitrogens is 2. The van der Waals surface area contributed by atoms with Crippen LogP contribution in [-0.2, 0) is 21.3 Å². The molecule has 0 fully saturated rings. The van der Waals surface area contributed by atoms with Crippen LogP contribution in [0.3, 0.4) is 0 Å². The van der Waals surface area contributed by atoms with Crippen LogP contribution in [0.25, 0.3) is 11.3 Å². The van der Waals surface area contributed by atoms with Crippen LogP contribution in [0.1, 0.15) is 5.56 Å². The fraction of sp³-hybridized carbons (Fsp3) is 0.0556. The third-order valence-corrected chi connectivity index (χ3v) is 5.24. The second-order valence-electron chi connectivity index (χ2n) is 6.11. The molecule has 28 heavy (non-hydrogen) atoms. The average Bonchev–Trinajstić information content (AvgIpc) is 2.76. The lowest BCUT2D eigenvalue weighted by Crippen LogP contribution is -2.12. The Kier molecular flexibility index (Phi) is 4.50. The van der Waals surface area contributed by atoms with E-state index < -0.39 is 10.1 Å². The average molecular weight is 417 g/mol. The monoisotopic (exact) mass is 416 g/mol. The molecule has 10 heteroatoms. The van der Waals surface area contributed by atoms with E-state index in [-0.39, 0.29) is 23.2 Å². The van der Waals surface area contributed by atoms with Crippen molar-refractivity contribution in [2.75, 3.05) is 10.6 Å². The normalized spacial score (nSPS) is 13.1. The fourth-order valence-electron chi connectivity index (χ4n) is 2.86. The Bertz CT molecular complexity index is 1200. The van der Waals surface area contributed by atoms with Gasteiger partial charge < -0.3 is 10.6 Å². The van der Waals surface area contributed by atoms with Crippen LogP contribution in [0, 0.1) is 0 Å². The van der Waals surface area contributed by atoms with Crippen molar-refractivity contribution in [1.29, 1.82) is 0 Å². The Hall–Kier alpha value is -3.01. The second-order valence-corrected chi connectivity index (χ2v) is 7.96. The van der Waals surface area contributed by atoms with Crippen molar-refractivity contribution < 1.29 is 17.8 Å².